The van der Waals surface area contributed by atoms with E-state index in [-0.39, 0.29) is 11.8 Å². The molecule has 3 aromatic rings. The fraction of sp³-hybridized carbons (Fsp3) is 0.346. The van der Waals surface area contributed by atoms with Crippen molar-refractivity contribution in [3.8, 4) is 0 Å². The highest BCUT2D eigenvalue weighted by atomic mass is 35.5. The standard InChI is InChI=1S/C26H27Cl2N5O2/c1-30(25(34)18-5-4-6-20(28)17-18)24-23(33-12-3-2-7-22(33)29-24)26(35)32-15-13-31(14-16-32)21-10-8-19(27)9-11-21/h4-6,8-11,17H,2-3,7,12-16H2,1H3. The number of hydrogen-bond acceptors (Lipinski definition) is 4. The Labute approximate surface area is 214 Å². The molecule has 0 spiro atoms. The maximum Gasteiger partial charge on any atom is 0.274 e. The van der Waals surface area contributed by atoms with Gasteiger partial charge >= 0.3 is 0 Å². The van der Waals surface area contributed by atoms with Gasteiger partial charge in [-0.25, -0.2) is 4.98 Å². The Morgan fingerprint density at radius 1 is 0.914 bits per heavy atom. The van der Waals surface area contributed by atoms with Gasteiger partial charge in [-0.2, -0.15) is 0 Å². The first kappa shape index (κ1) is 23.7. The summed E-state index contributed by atoms with van der Waals surface area (Å²) in [6, 6.07) is 14.6. The minimum atomic E-state index is -0.246. The third kappa shape index (κ3) is 4.75. The van der Waals surface area contributed by atoms with Crippen LogP contribution in [-0.4, -0.2) is 59.5 Å². The highest BCUT2D eigenvalue weighted by Gasteiger charge is 2.33. The van der Waals surface area contributed by atoms with E-state index in [9.17, 15) is 9.59 Å². The van der Waals surface area contributed by atoms with Crippen LogP contribution in [0.3, 0.4) is 0 Å². The van der Waals surface area contributed by atoms with Crippen LogP contribution in [-0.2, 0) is 13.0 Å². The maximum absolute atomic E-state index is 13.8. The van der Waals surface area contributed by atoms with Gasteiger partial charge in [0.15, 0.2) is 11.5 Å². The van der Waals surface area contributed by atoms with Crippen molar-refractivity contribution in [2.75, 3.05) is 43.0 Å². The molecular weight excluding hydrogens is 485 g/mol. The highest BCUT2D eigenvalue weighted by molar-refractivity contribution is 6.31. The normalized spacial score (nSPS) is 15.6. The van der Waals surface area contributed by atoms with Crippen LogP contribution in [0.2, 0.25) is 10.0 Å². The summed E-state index contributed by atoms with van der Waals surface area (Å²) in [4.78, 5) is 37.5. The lowest BCUT2D eigenvalue weighted by atomic mass is 10.1. The van der Waals surface area contributed by atoms with Crippen LogP contribution < -0.4 is 9.80 Å². The second-order valence-electron chi connectivity index (χ2n) is 8.94. The van der Waals surface area contributed by atoms with Crippen LogP contribution in [0.1, 0.15) is 39.5 Å². The summed E-state index contributed by atoms with van der Waals surface area (Å²) in [6.07, 6.45) is 2.80. The number of carbonyl (C=O) groups excluding carboxylic acids is 2. The molecule has 7 nitrogen and oxygen atoms in total. The molecule has 2 amide bonds. The van der Waals surface area contributed by atoms with E-state index >= 15 is 0 Å². The van der Waals surface area contributed by atoms with Crippen molar-refractivity contribution in [2.45, 2.75) is 25.8 Å². The fourth-order valence-corrected chi connectivity index (χ4v) is 5.11. The molecule has 2 aliphatic heterocycles. The molecule has 182 valence electrons. The average Bonchev–Trinajstić information content (AvgIpc) is 3.27. The zero-order valence-electron chi connectivity index (χ0n) is 19.6. The van der Waals surface area contributed by atoms with E-state index in [2.05, 4.69) is 4.90 Å². The first-order valence-electron chi connectivity index (χ1n) is 11.8. The molecular formula is C26H27Cl2N5O2. The minimum absolute atomic E-state index is 0.0813. The van der Waals surface area contributed by atoms with Crippen LogP contribution in [0.15, 0.2) is 48.5 Å². The first-order valence-corrected chi connectivity index (χ1v) is 12.6. The van der Waals surface area contributed by atoms with Gasteiger partial charge in [0, 0.05) is 67.5 Å². The number of fused-ring (bicyclic) bond motifs is 1. The molecule has 9 heteroatoms. The number of hydrogen-bond donors (Lipinski definition) is 0. The molecule has 0 aliphatic carbocycles. The number of aryl methyl sites for hydroxylation is 1. The number of benzene rings is 2. The quantitative estimate of drug-likeness (QED) is 0.506. The Bertz CT molecular complexity index is 1250. The summed E-state index contributed by atoms with van der Waals surface area (Å²) in [6.45, 7) is 3.36. The molecule has 0 unspecified atom stereocenters. The number of carbonyl (C=O) groups is 2. The third-order valence-electron chi connectivity index (χ3n) is 6.72. The highest BCUT2D eigenvalue weighted by Crippen LogP contribution is 2.29. The van der Waals surface area contributed by atoms with Crippen molar-refractivity contribution in [2.24, 2.45) is 0 Å². The molecule has 1 saturated heterocycles. The smallest absolute Gasteiger partial charge is 0.274 e. The lowest BCUT2D eigenvalue weighted by Gasteiger charge is -2.36. The van der Waals surface area contributed by atoms with Gasteiger partial charge in [-0.1, -0.05) is 29.3 Å². The van der Waals surface area contributed by atoms with E-state index in [0.29, 0.717) is 40.2 Å². The number of nitrogens with zero attached hydrogens (tertiary/aromatic N) is 5. The second-order valence-corrected chi connectivity index (χ2v) is 9.81. The monoisotopic (exact) mass is 511 g/mol. The van der Waals surface area contributed by atoms with Gasteiger partial charge in [-0.15, -0.1) is 0 Å². The maximum atomic E-state index is 13.8. The topological polar surface area (TPSA) is 61.7 Å². The molecule has 2 aromatic carbocycles. The van der Waals surface area contributed by atoms with Crippen LogP contribution in [0.25, 0.3) is 0 Å². The lowest BCUT2D eigenvalue weighted by molar-refractivity contribution is 0.0735. The molecule has 35 heavy (non-hydrogen) atoms. The van der Waals surface area contributed by atoms with Crippen molar-refractivity contribution in [3.63, 3.8) is 0 Å². The van der Waals surface area contributed by atoms with E-state index in [0.717, 1.165) is 50.4 Å². The number of amides is 2. The summed E-state index contributed by atoms with van der Waals surface area (Å²) < 4.78 is 2.01. The largest absolute Gasteiger partial charge is 0.368 e. The zero-order valence-corrected chi connectivity index (χ0v) is 21.1. The van der Waals surface area contributed by atoms with Crippen LogP contribution >= 0.6 is 23.2 Å². The number of imidazole rings is 1. The van der Waals surface area contributed by atoms with Gasteiger partial charge in [-0.05, 0) is 55.3 Å². The molecule has 2 aliphatic rings. The van der Waals surface area contributed by atoms with E-state index in [1.807, 2.05) is 33.7 Å². The Morgan fingerprint density at radius 2 is 1.66 bits per heavy atom. The van der Waals surface area contributed by atoms with E-state index in [1.165, 1.54) is 4.90 Å². The van der Waals surface area contributed by atoms with Gasteiger partial charge in [0.25, 0.3) is 11.8 Å². The molecule has 0 N–H and O–H groups in total. The Kier molecular flexibility index (Phi) is 6.71. The number of rotatable bonds is 4. The summed E-state index contributed by atoms with van der Waals surface area (Å²) in [7, 11) is 1.67. The van der Waals surface area contributed by atoms with Gasteiger partial charge in [0.1, 0.15) is 5.82 Å². The summed E-state index contributed by atoms with van der Waals surface area (Å²) in [5.41, 5.74) is 2.05. The van der Waals surface area contributed by atoms with Crippen molar-refractivity contribution in [3.05, 3.63) is 75.7 Å². The molecule has 0 atom stereocenters. The number of aromatic nitrogens is 2. The van der Waals surface area contributed by atoms with Gasteiger partial charge in [-0.3, -0.25) is 14.5 Å². The van der Waals surface area contributed by atoms with Crippen molar-refractivity contribution >= 4 is 46.5 Å². The number of anilines is 2. The molecule has 3 heterocycles. The number of halogens is 2. The predicted molar refractivity (Wildman–Crippen MR) is 139 cm³/mol. The number of piperazine rings is 1. The lowest BCUT2D eigenvalue weighted by Crippen LogP contribution is -2.49. The molecule has 1 aromatic heterocycles. The summed E-state index contributed by atoms with van der Waals surface area (Å²) in [5, 5.41) is 1.19. The van der Waals surface area contributed by atoms with Gasteiger partial charge in [0.05, 0.1) is 0 Å². The molecule has 1 fully saturated rings. The molecule has 0 radical (unpaired) electrons. The zero-order chi connectivity index (χ0) is 24.5. The summed E-state index contributed by atoms with van der Waals surface area (Å²) >= 11 is 12.1. The Balaban J connectivity index is 1.40. The van der Waals surface area contributed by atoms with E-state index < -0.39 is 0 Å². The summed E-state index contributed by atoms with van der Waals surface area (Å²) in [5.74, 6) is 0.948. The SMILES string of the molecule is CN(C(=O)c1cccc(Cl)c1)c1nc2n(c1C(=O)N1CCN(c3ccc(Cl)cc3)CC1)CCCC2. The Morgan fingerprint density at radius 3 is 2.37 bits per heavy atom. The predicted octanol–water partition coefficient (Wildman–Crippen LogP) is 4.77. The minimum Gasteiger partial charge on any atom is -0.368 e. The van der Waals surface area contributed by atoms with Gasteiger partial charge < -0.3 is 14.4 Å². The third-order valence-corrected chi connectivity index (χ3v) is 7.20. The average molecular weight is 512 g/mol. The van der Waals surface area contributed by atoms with Crippen molar-refractivity contribution < 1.29 is 9.59 Å². The fourth-order valence-electron chi connectivity index (χ4n) is 4.80. The van der Waals surface area contributed by atoms with Crippen molar-refractivity contribution in [1.82, 2.24) is 14.5 Å². The van der Waals surface area contributed by atoms with Crippen LogP contribution in [0.4, 0.5) is 11.5 Å². The Hall–Kier alpha value is -3.03. The van der Waals surface area contributed by atoms with Crippen LogP contribution in [0.5, 0.6) is 0 Å². The van der Waals surface area contributed by atoms with Crippen molar-refractivity contribution in [1.29, 1.82) is 0 Å². The second kappa shape index (κ2) is 9.91. The van der Waals surface area contributed by atoms with Gasteiger partial charge in [0.2, 0.25) is 0 Å². The molecule has 5 rings (SSSR count). The molecule has 0 bridgehead atoms. The van der Waals surface area contributed by atoms with E-state index in [1.54, 1.807) is 31.3 Å². The first-order chi connectivity index (χ1) is 16.9. The van der Waals surface area contributed by atoms with Crippen LogP contribution in [0, 0.1) is 0 Å². The molecule has 0 saturated carbocycles. The van der Waals surface area contributed by atoms with E-state index in [4.69, 9.17) is 28.2 Å².